The molecule has 3 aromatic carbocycles. The molecule has 0 aliphatic rings. The summed E-state index contributed by atoms with van der Waals surface area (Å²) >= 11 is 12.6. The summed E-state index contributed by atoms with van der Waals surface area (Å²) in [6, 6.07) is 19.2. The first-order valence-corrected chi connectivity index (χ1v) is 9.74. The number of hydrogen-bond donors (Lipinski definition) is 2. The Kier molecular flexibility index (Phi) is 5.40. The molecule has 30 heavy (non-hydrogen) atoms. The molecule has 7 heteroatoms. The molecule has 148 valence electrons. The van der Waals surface area contributed by atoms with Crippen molar-refractivity contribution >= 4 is 51.5 Å². The zero-order valence-electron chi connectivity index (χ0n) is 15.5. The van der Waals surface area contributed by atoms with Gasteiger partial charge < -0.3 is 11.1 Å². The Hall–Kier alpha value is -3.41. The maximum absolute atomic E-state index is 12.7. The normalized spacial score (nSPS) is 10.7. The number of nitrogens with zero attached hydrogens (tertiary/aromatic N) is 1. The van der Waals surface area contributed by atoms with Crippen molar-refractivity contribution in [2.24, 2.45) is 5.73 Å². The van der Waals surface area contributed by atoms with E-state index in [1.54, 1.807) is 24.4 Å². The van der Waals surface area contributed by atoms with E-state index in [0.717, 1.165) is 16.5 Å². The number of pyridine rings is 1. The Labute approximate surface area is 182 Å². The van der Waals surface area contributed by atoms with Crippen molar-refractivity contribution in [3.63, 3.8) is 0 Å². The van der Waals surface area contributed by atoms with E-state index in [1.165, 1.54) is 18.2 Å². The Morgan fingerprint density at radius 3 is 2.47 bits per heavy atom. The Morgan fingerprint density at radius 2 is 1.70 bits per heavy atom. The molecule has 0 fully saturated rings. The summed E-state index contributed by atoms with van der Waals surface area (Å²) in [4.78, 5) is 28.5. The second-order valence-corrected chi connectivity index (χ2v) is 7.40. The number of carbonyl (C=O) groups excluding carboxylic acids is 2. The van der Waals surface area contributed by atoms with Gasteiger partial charge in [0, 0.05) is 28.4 Å². The molecule has 0 aliphatic heterocycles. The van der Waals surface area contributed by atoms with Gasteiger partial charge in [0.15, 0.2) is 0 Å². The van der Waals surface area contributed by atoms with E-state index < -0.39 is 11.8 Å². The van der Waals surface area contributed by atoms with Gasteiger partial charge in [0.2, 0.25) is 5.91 Å². The molecule has 4 aromatic rings. The number of fused-ring (bicyclic) bond motifs is 1. The maximum Gasteiger partial charge on any atom is 0.257 e. The van der Waals surface area contributed by atoms with E-state index in [0.29, 0.717) is 16.3 Å². The molecule has 0 spiro atoms. The first-order valence-electron chi connectivity index (χ1n) is 8.98. The standard InChI is InChI=1S/C23H15Cl2N3O2/c24-19-8-6-15(28-23(30)17-7-5-14(22(26)29)11-20(17)25)12-18(19)21-16-4-2-1-3-13(16)9-10-27-21/h1-12H,(H2,26,29)(H,28,30). The minimum absolute atomic E-state index is 0.133. The zero-order valence-corrected chi connectivity index (χ0v) is 17.0. The number of anilines is 1. The van der Waals surface area contributed by atoms with Crippen molar-refractivity contribution in [1.29, 1.82) is 0 Å². The van der Waals surface area contributed by atoms with Crippen LogP contribution in [0.15, 0.2) is 72.9 Å². The minimum Gasteiger partial charge on any atom is -0.366 e. The van der Waals surface area contributed by atoms with Gasteiger partial charge in [-0.25, -0.2) is 0 Å². The highest BCUT2D eigenvalue weighted by Gasteiger charge is 2.15. The quantitative estimate of drug-likeness (QED) is 0.439. The lowest BCUT2D eigenvalue weighted by Gasteiger charge is -2.12. The molecule has 0 saturated heterocycles. The van der Waals surface area contributed by atoms with Gasteiger partial charge in [-0.05, 0) is 47.9 Å². The lowest BCUT2D eigenvalue weighted by molar-refractivity contribution is 0.0995. The van der Waals surface area contributed by atoms with Crippen molar-refractivity contribution in [1.82, 2.24) is 4.98 Å². The highest BCUT2D eigenvalue weighted by molar-refractivity contribution is 6.35. The fraction of sp³-hybridized carbons (Fsp3) is 0. The third-order valence-corrected chi connectivity index (χ3v) is 5.29. The van der Waals surface area contributed by atoms with Crippen molar-refractivity contribution < 1.29 is 9.59 Å². The fourth-order valence-electron chi connectivity index (χ4n) is 3.17. The number of nitrogens with two attached hydrogens (primary N) is 1. The van der Waals surface area contributed by atoms with Gasteiger partial charge in [0.25, 0.3) is 5.91 Å². The molecule has 1 heterocycles. The second kappa shape index (κ2) is 8.14. The molecular weight excluding hydrogens is 421 g/mol. The summed E-state index contributed by atoms with van der Waals surface area (Å²) in [6.45, 7) is 0. The van der Waals surface area contributed by atoms with Gasteiger partial charge in [-0.3, -0.25) is 14.6 Å². The summed E-state index contributed by atoms with van der Waals surface area (Å²) in [5.41, 5.74) is 7.64. The maximum atomic E-state index is 12.7. The summed E-state index contributed by atoms with van der Waals surface area (Å²) < 4.78 is 0. The van der Waals surface area contributed by atoms with Crippen LogP contribution in [-0.4, -0.2) is 16.8 Å². The molecule has 0 bridgehead atoms. The van der Waals surface area contributed by atoms with E-state index >= 15 is 0 Å². The van der Waals surface area contributed by atoms with Gasteiger partial charge in [0.05, 0.1) is 21.3 Å². The predicted molar refractivity (Wildman–Crippen MR) is 120 cm³/mol. The van der Waals surface area contributed by atoms with Gasteiger partial charge in [-0.2, -0.15) is 0 Å². The molecule has 0 aliphatic carbocycles. The van der Waals surface area contributed by atoms with Crippen LogP contribution in [0.2, 0.25) is 10.0 Å². The van der Waals surface area contributed by atoms with Gasteiger partial charge in [0.1, 0.15) is 0 Å². The average Bonchev–Trinajstić information content (AvgIpc) is 2.74. The lowest BCUT2D eigenvalue weighted by atomic mass is 10.0. The fourth-order valence-corrected chi connectivity index (χ4v) is 3.64. The summed E-state index contributed by atoms with van der Waals surface area (Å²) in [7, 11) is 0. The van der Waals surface area contributed by atoms with Crippen LogP contribution in [0.25, 0.3) is 22.0 Å². The topological polar surface area (TPSA) is 85.1 Å². The zero-order chi connectivity index (χ0) is 21.3. The van der Waals surface area contributed by atoms with Crippen LogP contribution < -0.4 is 11.1 Å². The highest BCUT2D eigenvalue weighted by Crippen LogP contribution is 2.34. The van der Waals surface area contributed by atoms with Crippen LogP contribution in [-0.2, 0) is 0 Å². The van der Waals surface area contributed by atoms with Crippen LogP contribution in [0, 0.1) is 0 Å². The van der Waals surface area contributed by atoms with Gasteiger partial charge in [-0.15, -0.1) is 0 Å². The van der Waals surface area contributed by atoms with E-state index in [9.17, 15) is 9.59 Å². The molecule has 0 radical (unpaired) electrons. The smallest absolute Gasteiger partial charge is 0.257 e. The third kappa shape index (κ3) is 3.85. The Morgan fingerprint density at radius 1 is 0.900 bits per heavy atom. The number of amides is 2. The van der Waals surface area contributed by atoms with Crippen LogP contribution >= 0.6 is 23.2 Å². The Bertz CT molecular complexity index is 1300. The number of aromatic nitrogens is 1. The van der Waals surface area contributed by atoms with E-state index in [4.69, 9.17) is 28.9 Å². The van der Waals surface area contributed by atoms with Crippen molar-refractivity contribution in [3.8, 4) is 11.3 Å². The molecule has 5 nitrogen and oxygen atoms in total. The molecule has 2 amide bonds. The molecular formula is C23H15Cl2N3O2. The number of benzene rings is 3. The van der Waals surface area contributed by atoms with E-state index in [1.807, 2.05) is 30.3 Å². The van der Waals surface area contributed by atoms with Gasteiger partial charge in [-0.1, -0.05) is 47.5 Å². The minimum atomic E-state index is -0.617. The van der Waals surface area contributed by atoms with Crippen LogP contribution in [0.5, 0.6) is 0 Å². The molecule has 0 atom stereocenters. The number of hydrogen-bond acceptors (Lipinski definition) is 3. The monoisotopic (exact) mass is 435 g/mol. The van der Waals surface area contributed by atoms with Crippen LogP contribution in [0.1, 0.15) is 20.7 Å². The number of carbonyl (C=O) groups is 2. The SMILES string of the molecule is NC(=O)c1ccc(C(=O)Nc2ccc(Cl)c(-c3nccc4ccccc34)c2)c(Cl)c1. The largest absolute Gasteiger partial charge is 0.366 e. The predicted octanol–water partition coefficient (Wildman–Crippen LogP) is 5.56. The Balaban J connectivity index is 1.69. The highest BCUT2D eigenvalue weighted by atomic mass is 35.5. The molecule has 0 saturated carbocycles. The van der Waals surface area contributed by atoms with Crippen LogP contribution in [0.3, 0.4) is 0 Å². The first kappa shape index (κ1) is 19.9. The molecule has 0 unspecified atom stereocenters. The summed E-state index contributed by atoms with van der Waals surface area (Å²) in [5.74, 6) is -1.04. The number of nitrogens with one attached hydrogen (secondary N) is 1. The lowest BCUT2D eigenvalue weighted by Crippen LogP contribution is -2.15. The third-order valence-electron chi connectivity index (χ3n) is 4.65. The van der Waals surface area contributed by atoms with Crippen LogP contribution in [0.4, 0.5) is 5.69 Å². The second-order valence-electron chi connectivity index (χ2n) is 6.59. The summed E-state index contributed by atoms with van der Waals surface area (Å²) in [5, 5.41) is 5.45. The number of rotatable bonds is 4. The molecule has 4 rings (SSSR count). The van der Waals surface area contributed by atoms with E-state index in [2.05, 4.69) is 10.3 Å². The van der Waals surface area contributed by atoms with E-state index in [-0.39, 0.29) is 16.1 Å². The van der Waals surface area contributed by atoms with Crippen molar-refractivity contribution in [3.05, 3.63) is 94.1 Å². The number of halogens is 2. The molecule has 1 aromatic heterocycles. The van der Waals surface area contributed by atoms with Gasteiger partial charge >= 0.3 is 0 Å². The van der Waals surface area contributed by atoms with Crippen molar-refractivity contribution in [2.45, 2.75) is 0 Å². The number of primary amides is 1. The average molecular weight is 436 g/mol. The first-order chi connectivity index (χ1) is 14.4. The molecule has 3 N–H and O–H groups in total. The van der Waals surface area contributed by atoms with Crippen molar-refractivity contribution in [2.75, 3.05) is 5.32 Å². The summed E-state index contributed by atoms with van der Waals surface area (Å²) in [6.07, 6.45) is 1.72.